The van der Waals surface area contributed by atoms with Gasteiger partial charge in [-0.15, -0.1) is 0 Å². The molecule has 0 heterocycles. The Kier molecular flexibility index (Phi) is 7.02. The molecule has 1 unspecified atom stereocenters. The molecule has 0 aliphatic carbocycles. The molecule has 1 atom stereocenters. The molecule has 2 rings (SSSR count). The van der Waals surface area contributed by atoms with Crippen molar-refractivity contribution < 1.29 is 18.3 Å². The van der Waals surface area contributed by atoms with Crippen LogP contribution in [0.15, 0.2) is 34.1 Å². The van der Waals surface area contributed by atoms with E-state index in [4.69, 9.17) is 22.4 Å². The fraction of sp³-hybridized carbons (Fsp3) is 0.368. The highest BCUT2D eigenvalue weighted by Gasteiger charge is 2.18. The molecule has 2 aromatic rings. The summed E-state index contributed by atoms with van der Waals surface area (Å²) in [6.07, 6.45) is 2.10. The first-order valence-corrected chi connectivity index (χ1v) is 9.34. The van der Waals surface area contributed by atoms with Crippen LogP contribution in [0, 0.1) is 24.4 Å². The van der Waals surface area contributed by atoms with Gasteiger partial charge in [0.15, 0.2) is 11.6 Å². The third-order valence-corrected chi connectivity index (χ3v) is 5.51. The van der Waals surface area contributed by atoms with Crippen LogP contribution in [0.3, 0.4) is 0 Å². The molecule has 0 aromatic heterocycles. The normalized spacial score (nSPS) is 13.7. The zero-order valence-electron chi connectivity index (χ0n) is 14.6. The van der Waals surface area contributed by atoms with Crippen LogP contribution in [-0.2, 0) is 6.42 Å². The van der Waals surface area contributed by atoms with Crippen molar-refractivity contribution in [1.29, 1.82) is 0 Å². The van der Waals surface area contributed by atoms with Gasteiger partial charge in [-0.25, -0.2) is 13.2 Å². The molecule has 0 saturated heterocycles. The molecule has 142 valence electrons. The van der Waals surface area contributed by atoms with Crippen molar-refractivity contribution in [2.45, 2.75) is 48.4 Å². The second-order valence-corrected chi connectivity index (χ2v) is 8.15. The molecule has 0 aliphatic heterocycles. The van der Waals surface area contributed by atoms with Gasteiger partial charge in [0.1, 0.15) is 5.82 Å². The molecule has 26 heavy (non-hydrogen) atoms. The predicted molar refractivity (Wildman–Crippen MR) is 99.2 cm³/mol. The van der Waals surface area contributed by atoms with E-state index < -0.39 is 23.0 Å². The maximum atomic E-state index is 14.1. The van der Waals surface area contributed by atoms with Gasteiger partial charge < -0.3 is 10.8 Å². The molecular weight excluding hydrogens is 383 g/mol. The van der Waals surface area contributed by atoms with E-state index >= 15 is 0 Å². The summed E-state index contributed by atoms with van der Waals surface area (Å²) in [7, 11) is 0. The van der Waals surface area contributed by atoms with Gasteiger partial charge in [0.05, 0.1) is 11.5 Å². The quantitative estimate of drug-likeness (QED) is 0.621. The summed E-state index contributed by atoms with van der Waals surface area (Å²) < 4.78 is 41.0. The summed E-state index contributed by atoms with van der Waals surface area (Å²) in [6, 6.07) is 6.10. The number of aliphatic hydroxyl groups is 1. The zero-order chi connectivity index (χ0) is 19.5. The Morgan fingerprint density at radius 2 is 1.88 bits per heavy atom. The summed E-state index contributed by atoms with van der Waals surface area (Å²) in [5.74, 6) is -3.03. The van der Waals surface area contributed by atoms with E-state index in [9.17, 15) is 13.2 Å². The van der Waals surface area contributed by atoms with Gasteiger partial charge in [-0.1, -0.05) is 29.4 Å². The topological polar surface area (TPSA) is 46.2 Å². The van der Waals surface area contributed by atoms with E-state index in [2.05, 4.69) is 0 Å². The van der Waals surface area contributed by atoms with E-state index in [0.717, 1.165) is 29.8 Å². The number of rotatable bonds is 7. The Balaban J connectivity index is 2.11. The van der Waals surface area contributed by atoms with Crippen molar-refractivity contribution in [3.05, 3.63) is 57.9 Å². The second kappa shape index (κ2) is 8.65. The van der Waals surface area contributed by atoms with Crippen LogP contribution in [0.1, 0.15) is 30.9 Å². The van der Waals surface area contributed by atoms with Crippen LogP contribution in [0.4, 0.5) is 13.2 Å². The van der Waals surface area contributed by atoms with Crippen LogP contribution >= 0.6 is 23.4 Å². The molecule has 2 aromatic carbocycles. The summed E-state index contributed by atoms with van der Waals surface area (Å²) >= 11 is 7.27. The highest BCUT2D eigenvalue weighted by Crippen LogP contribution is 2.35. The predicted octanol–water partition coefficient (Wildman–Crippen LogP) is 5.25. The van der Waals surface area contributed by atoms with E-state index in [0.29, 0.717) is 22.8 Å². The highest BCUT2D eigenvalue weighted by molar-refractivity contribution is 7.99. The van der Waals surface area contributed by atoms with Crippen molar-refractivity contribution in [1.82, 2.24) is 0 Å². The number of aliphatic hydroxyl groups excluding tert-OH is 1. The number of halogens is 4. The number of hydrogen-bond donors (Lipinski definition) is 2. The van der Waals surface area contributed by atoms with Crippen molar-refractivity contribution in [2.75, 3.05) is 6.61 Å². The molecule has 0 bridgehead atoms. The van der Waals surface area contributed by atoms with Crippen molar-refractivity contribution in [3.8, 4) is 0 Å². The van der Waals surface area contributed by atoms with Crippen molar-refractivity contribution in [3.63, 3.8) is 0 Å². The third-order valence-electron chi connectivity index (χ3n) is 4.15. The third kappa shape index (κ3) is 5.16. The van der Waals surface area contributed by atoms with E-state index in [1.165, 1.54) is 6.92 Å². The van der Waals surface area contributed by atoms with Gasteiger partial charge in [-0.2, -0.15) is 0 Å². The molecule has 7 heteroatoms. The minimum atomic E-state index is -1.17. The maximum Gasteiger partial charge on any atom is 0.164 e. The largest absolute Gasteiger partial charge is 0.394 e. The lowest BCUT2D eigenvalue weighted by Crippen LogP contribution is -2.40. The van der Waals surface area contributed by atoms with Gasteiger partial charge in [-0.3, -0.25) is 0 Å². The molecule has 0 spiro atoms. The second-order valence-electron chi connectivity index (χ2n) is 6.63. The average Bonchev–Trinajstić information content (AvgIpc) is 2.59. The first kappa shape index (κ1) is 21.1. The van der Waals surface area contributed by atoms with Crippen LogP contribution in [0.5, 0.6) is 0 Å². The minimum Gasteiger partial charge on any atom is -0.394 e. The first-order chi connectivity index (χ1) is 12.1. The minimum absolute atomic E-state index is 0.00654. The average molecular weight is 404 g/mol. The number of benzene rings is 2. The fourth-order valence-corrected chi connectivity index (χ4v) is 3.77. The van der Waals surface area contributed by atoms with Crippen LogP contribution in [0.25, 0.3) is 0 Å². The molecule has 0 amide bonds. The highest BCUT2D eigenvalue weighted by atomic mass is 35.5. The standard InChI is InChI=1S/C19H21ClF3NOS/c1-11-17(22)15(21)9-16(18(11)23)26-13-6-5-12(14(20)8-13)4-3-7-19(2,24)10-25/h5-6,8-9,25H,3-4,7,10,24H2,1-2H3. The molecule has 3 N–H and O–H groups in total. The van der Waals surface area contributed by atoms with Crippen LogP contribution < -0.4 is 5.73 Å². The lowest BCUT2D eigenvalue weighted by Gasteiger charge is -2.21. The summed E-state index contributed by atoms with van der Waals surface area (Å²) in [4.78, 5) is 0.633. The smallest absolute Gasteiger partial charge is 0.164 e. The Bertz CT molecular complexity index is 799. The first-order valence-electron chi connectivity index (χ1n) is 8.15. The van der Waals surface area contributed by atoms with Gasteiger partial charge in [0.25, 0.3) is 0 Å². The summed E-state index contributed by atoms with van der Waals surface area (Å²) in [5, 5.41) is 9.68. The van der Waals surface area contributed by atoms with Crippen molar-refractivity contribution >= 4 is 23.4 Å². The molecule has 2 nitrogen and oxygen atoms in total. The number of aryl methyl sites for hydroxylation is 1. The Hall–Kier alpha value is -1.21. The van der Waals surface area contributed by atoms with Gasteiger partial charge >= 0.3 is 0 Å². The van der Waals surface area contributed by atoms with E-state index in [1.807, 2.05) is 6.07 Å². The Morgan fingerprint density at radius 3 is 2.50 bits per heavy atom. The summed E-state index contributed by atoms with van der Waals surface area (Å²) in [5.41, 5.74) is 5.84. The molecule has 0 radical (unpaired) electrons. The van der Waals surface area contributed by atoms with Crippen molar-refractivity contribution in [2.24, 2.45) is 5.73 Å². The monoisotopic (exact) mass is 403 g/mol. The maximum absolute atomic E-state index is 14.1. The zero-order valence-corrected chi connectivity index (χ0v) is 16.2. The lowest BCUT2D eigenvalue weighted by molar-refractivity contribution is 0.198. The number of hydrogen-bond acceptors (Lipinski definition) is 3. The Labute approximate surface area is 160 Å². The van der Waals surface area contributed by atoms with Gasteiger partial charge in [0, 0.05) is 21.0 Å². The SMILES string of the molecule is Cc1c(F)c(F)cc(Sc2ccc(CCCC(C)(N)CO)c(Cl)c2)c1F. The van der Waals surface area contributed by atoms with Gasteiger partial charge in [-0.05, 0) is 56.9 Å². The Morgan fingerprint density at radius 1 is 1.19 bits per heavy atom. The van der Waals surface area contributed by atoms with Gasteiger partial charge in [0.2, 0.25) is 0 Å². The fourth-order valence-electron chi connectivity index (χ4n) is 2.46. The van der Waals surface area contributed by atoms with Crippen LogP contribution in [-0.4, -0.2) is 17.3 Å². The summed E-state index contributed by atoms with van der Waals surface area (Å²) in [6.45, 7) is 2.90. The molecule has 0 saturated carbocycles. The molecular formula is C19H21ClF3NOS. The molecule has 0 fully saturated rings. The number of nitrogens with two attached hydrogens (primary N) is 1. The molecule has 0 aliphatic rings. The van der Waals surface area contributed by atoms with Crippen LogP contribution in [0.2, 0.25) is 5.02 Å². The lowest BCUT2D eigenvalue weighted by atomic mass is 9.95. The van der Waals surface area contributed by atoms with E-state index in [-0.39, 0.29) is 17.1 Å². The van der Waals surface area contributed by atoms with E-state index in [1.54, 1.807) is 19.1 Å².